The third-order valence-corrected chi connectivity index (χ3v) is 4.23. The second-order valence-electron chi connectivity index (χ2n) is 4.32. The van der Waals surface area contributed by atoms with Crippen LogP contribution in [-0.2, 0) is 4.74 Å². The Kier molecular flexibility index (Phi) is 2.64. The number of ether oxygens (including phenoxy) is 1. The molecular formula is C12H15N3OS. The molecule has 0 amide bonds. The molecule has 0 bridgehead atoms. The maximum absolute atomic E-state index is 5.78. The number of fused-ring (bicyclic) bond motifs is 1. The van der Waals surface area contributed by atoms with Gasteiger partial charge in [-0.1, -0.05) is 11.3 Å². The first kappa shape index (κ1) is 10.8. The van der Waals surface area contributed by atoms with Crippen molar-refractivity contribution in [2.24, 2.45) is 0 Å². The highest BCUT2D eigenvalue weighted by Crippen LogP contribution is 2.32. The summed E-state index contributed by atoms with van der Waals surface area (Å²) in [5.41, 5.74) is 7.60. The number of thiazole rings is 1. The molecule has 0 radical (unpaired) electrons. The number of nitrogen functional groups attached to an aromatic ring is 1. The van der Waals surface area contributed by atoms with Crippen molar-refractivity contribution < 1.29 is 4.74 Å². The van der Waals surface area contributed by atoms with Crippen LogP contribution in [0.2, 0.25) is 0 Å². The number of methoxy groups -OCH3 is 1. The minimum Gasteiger partial charge on any atom is -0.399 e. The van der Waals surface area contributed by atoms with Crippen LogP contribution in [0.25, 0.3) is 10.2 Å². The fourth-order valence-electron chi connectivity index (χ4n) is 2.16. The van der Waals surface area contributed by atoms with Gasteiger partial charge in [-0.2, -0.15) is 0 Å². The van der Waals surface area contributed by atoms with E-state index in [9.17, 15) is 0 Å². The predicted molar refractivity (Wildman–Crippen MR) is 71.7 cm³/mol. The summed E-state index contributed by atoms with van der Waals surface area (Å²) in [6.07, 6.45) is 1.42. The van der Waals surface area contributed by atoms with Gasteiger partial charge in [0, 0.05) is 25.9 Å². The first-order valence-corrected chi connectivity index (χ1v) is 6.52. The van der Waals surface area contributed by atoms with Gasteiger partial charge in [0.1, 0.15) is 0 Å². The van der Waals surface area contributed by atoms with E-state index in [1.807, 2.05) is 18.2 Å². The van der Waals surface area contributed by atoms with Crippen LogP contribution in [0, 0.1) is 0 Å². The molecule has 17 heavy (non-hydrogen) atoms. The monoisotopic (exact) mass is 249 g/mol. The minimum atomic E-state index is 0.340. The summed E-state index contributed by atoms with van der Waals surface area (Å²) in [6, 6.07) is 5.86. The Morgan fingerprint density at radius 3 is 3.18 bits per heavy atom. The van der Waals surface area contributed by atoms with Gasteiger partial charge < -0.3 is 15.4 Å². The van der Waals surface area contributed by atoms with Crippen LogP contribution in [0.1, 0.15) is 6.42 Å². The van der Waals surface area contributed by atoms with Crippen LogP contribution < -0.4 is 10.6 Å². The number of hydrogen-bond acceptors (Lipinski definition) is 5. The van der Waals surface area contributed by atoms with Crippen molar-refractivity contribution in [3.05, 3.63) is 18.2 Å². The molecule has 0 saturated carbocycles. The first-order chi connectivity index (χ1) is 8.26. The summed E-state index contributed by atoms with van der Waals surface area (Å²) in [5.74, 6) is 0. The van der Waals surface area contributed by atoms with E-state index in [-0.39, 0.29) is 0 Å². The summed E-state index contributed by atoms with van der Waals surface area (Å²) in [6.45, 7) is 1.96. The van der Waals surface area contributed by atoms with Gasteiger partial charge in [-0.05, 0) is 24.6 Å². The molecule has 1 aromatic heterocycles. The van der Waals surface area contributed by atoms with E-state index >= 15 is 0 Å². The smallest absolute Gasteiger partial charge is 0.186 e. The number of anilines is 2. The van der Waals surface area contributed by atoms with Crippen LogP contribution in [0.4, 0.5) is 10.8 Å². The van der Waals surface area contributed by atoms with Crippen molar-refractivity contribution in [2.45, 2.75) is 12.5 Å². The Hall–Kier alpha value is -1.33. The van der Waals surface area contributed by atoms with E-state index in [0.717, 1.165) is 40.5 Å². The molecule has 2 N–H and O–H groups in total. The quantitative estimate of drug-likeness (QED) is 0.828. The van der Waals surface area contributed by atoms with Gasteiger partial charge in [0.15, 0.2) is 5.13 Å². The zero-order chi connectivity index (χ0) is 11.8. The summed E-state index contributed by atoms with van der Waals surface area (Å²) >= 11 is 1.70. The number of nitrogens with two attached hydrogens (primary N) is 1. The summed E-state index contributed by atoms with van der Waals surface area (Å²) in [5, 5.41) is 1.07. The van der Waals surface area contributed by atoms with Gasteiger partial charge in [-0.25, -0.2) is 4.98 Å². The zero-order valence-electron chi connectivity index (χ0n) is 9.72. The van der Waals surface area contributed by atoms with Crippen molar-refractivity contribution in [2.75, 3.05) is 30.8 Å². The highest BCUT2D eigenvalue weighted by Gasteiger charge is 2.24. The van der Waals surface area contributed by atoms with E-state index < -0.39 is 0 Å². The van der Waals surface area contributed by atoms with E-state index in [1.165, 1.54) is 0 Å². The molecule has 2 aromatic rings. The summed E-state index contributed by atoms with van der Waals surface area (Å²) in [7, 11) is 1.77. The fraction of sp³-hybridized carbons (Fsp3) is 0.417. The first-order valence-electron chi connectivity index (χ1n) is 5.70. The average molecular weight is 249 g/mol. The molecule has 1 unspecified atom stereocenters. The molecule has 1 aliphatic heterocycles. The largest absolute Gasteiger partial charge is 0.399 e. The van der Waals surface area contributed by atoms with E-state index in [4.69, 9.17) is 10.5 Å². The maximum Gasteiger partial charge on any atom is 0.186 e. The maximum atomic E-state index is 5.78. The molecule has 1 saturated heterocycles. The molecule has 0 spiro atoms. The topological polar surface area (TPSA) is 51.4 Å². The van der Waals surface area contributed by atoms with Crippen molar-refractivity contribution in [3.63, 3.8) is 0 Å². The fourth-order valence-corrected chi connectivity index (χ4v) is 3.21. The number of aromatic nitrogens is 1. The van der Waals surface area contributed by atoms with Crippen LogP contribution in [0.15, 0.2) is 18.2 Å². The van der Waals surface area contributed by atoms with Crippen molar-refractivity contribution in [1.29, 1.82) is 0 Å². The molecule has 1 aromatic carbocycles. The van der Waals surface area contributed by atoms with E-state index in [2.05, 4.69) is 9.88 Å². The van der Waals surface area contributed by atoms with E-state index in [0.29, 0.717) is 6.10 Å². The second-order valence-corrected chi connectivity index (χ2v) is 5.33. The number of benzene rings is 1. The highest BCUT2D eigenvalue weighted by molar-refractivity contribution is 7.22. The number of rotatable bonds is 2. The number of hydrogen-bond donors (Lipinski definition) is 1. The Bertz CT molecular complexity index is 540. The lowest BCUT2D eigenvalue weighted by Crippen LogP contribution is -2.21. The van der Waals surface area contributed by atoms with Crippen LogP contribution in [0.5, 0.6) is 0 Å². The van der Waals surface area contributed by atoms with Gasteiger partial charge in [0.05, 0.1) is 16.3 Å². The normalized spacial score (nSPS) is 20.3. The lowest BCUT2D eigenvalue weighted by molar-refractivity contribution is 0.121. The Balaban J connectivity index is 1.91. The summed E-state index contributed by atoms with van der Waals surface area (Å²) < 4.78 is 6.52. The predicted octanol–water partition coefficient (Wildman–Crippen LogP) is 2.10. The lowest BCUT2D eigenvalue weighted by Gasteiger charge is -2.13. The third-order valence-electron chi connectivity index (χ3n) is 3.15. The molecule has 1 atom stereocenters. The molecule has 0 aliphatic carbocycles. The molecular weight excluding hydrogens is 234 g/mol. The van der Waals surface area contributed by atoms with Gasteiger partial charge in [0.2, 0.25) is 0 Å². The second kappa shape index (κ2) is 4.16. The average Bonchev–Trinajstić information content (AvgIpc) is 2.93. The Labute approximate surface area is 104 Å². The Morgan fingerprint density at radius 2 is 2.41 bits per heavy atom. The lowest BCUT2D eigenvalue weighted by atomic mass is 10.3. The third kappa shape index (κ3) is 1.96. The van der Waals surface area contributed by atoms with Crippen LogP contribution >= 0.6 is 11.3 Å². The van der Waals surface area contributed by atoms with Crippen LogP contribution in [-0.4, -0.2) is 31.3 Å². The molecule has 4 nitrogen and oxygen atoms in total. The summed E-state index contributed by atoms with van der Waals surface area (Å²) in [4.78, 5) is 6.92. The minimum absolute atomic E-state index is 0.340. The van der Waals surface area contributed by atoms with Crippen LogP contribution in [0.3, 0.4) is 0 Å². The van der Waals surface area contributed by atoms with Gasteiger partial charge in [-0.15, -0.1) is 0 Å². The van der Waals surface area contributed by atoms with E-state index in [1.54, 1.807) is 18.4 Å². The number of nitrogens with zero attached hydrogens (tertiary/aromatic N) is 2. The molecule has 1 fully saturated rings. The molecule has 2 heterocycles. The molecule has 90 valence electrons. The zero-order valence-corrected chi connectivity index (χ0v) is 10.5. The molecule has 3 rings (SSSR count). The van der Waals surface area contributed by atoms with Crippen molar-refractivity contribution >= 4 is 32.4 Å². The SMILES string of the molecule is COC1CCN(c2nc3ccc(N)cc3s2)C1. The van der Waals surface area contributed by atoms with Gasteiger partial charge in [0.25, 0.3) is 0 Å². The molecule has 1 aliphatic rings. The van der Waals surface area contributed by atoms with Gasteiger partial charge in [-0.3, -0.25) is 0 Å². The van der Waals surface area contributed by atoms with Gasteiger partial charge >= 0.3 is 0 Å². The van der Waals surface area contributed by atoms with Crippen molar-refractivity contribution in [3.8, 4) is 0 Å². The Morgan fingerprint density at radius 1 is 1.53 bits per heavy atom. The molecule has 5 heteroatoms. The standard InChI is InChI=1S/C12H15N3OS/c1-16-9-4-5-15(7-9)12-14-10-3-2-8(13)6-11(10)17-12/h2-3,6,9H,4-5,7,13H2,1H3. The van der Waals surface area contributed by atoms with Crippen molar-refractivity contribution in [1.82, 2.24) is 4.98 Å². The highest BCUT2D eigenvalue weighted by atomic mass is 32.1.